The molecule has 6 aliphatic rings. The highest BCUT2D eigenvalue weighted by atomic mass is 16.7. The molecule has 0 bridgehead atoms. The average Bonchev–Trinajstić information content (AvgIpc) is 3.00. The highest BCUT2D eigenvalue weighted by Gasteiger charge is 2.71. The Morgan fingerprint density at radius 3 is 2.24 bits per heavy atom. The van der Waals surface area contributed by atoms with E-state index >= 15 is 0 Å². The number of esters is 1. The van der Waals surface area contributed by atoms with E-state index < -0.39 is 65.6 Å². The van der Waals surface area contributed by atoms with Gasteiger partial charge in [-0.15, -0.1) is 0 Å². The van der Waals surface area contributed by atoms with Crippen molar-refractivity contribution in [2.24, 2.45) is 50.2 Å². The van der Waals surface area contributed by atoms with Crippen LogP contribution in [0.4, 0.5) is 0 Å². The van der Waals surface area contributed by atoms with Crippen LogP contribution < -0.4 is 0 Å². The van der Waals surface area contributed by atoms with E-state index in [1.54, 1.807) is 0 Å². The highest BCUT2D eigenvalue weighted by Crippen LogP contribution is 2.75. The van der Waals surface area contributed by atoms with Crippen LogP contribution in [0.5, 0.6) is 0 Å². The maximum Gasteiger partial charge on any atom is 0.315 e. The molecule has 260 valence electrons. The first kappa shape index (κ1) is 34.5. The molecule has 6 N–H and O–H groups in total. The van der Waals surface area contributed by atoms with Crippen LogP contribution in [-0.2, 0) is 19.1 Å². The molecule has 0 aromatic rings. The maximum atomic E-state index is 14.4. The lowest BCUT2D eigenvalue weighted by molar-refractivity contribution is -0.297. The van der Waals surface area contributed by atoms with Gasteiger partial charge in [0.2, 0.25) is 6.29 Å². The zero-order valence-electron chi connectivity index (χ0n) is 28.4. The molecule has 46 heavy (non-hydrogen) atoms. The molecule has 0 spiro atoms. The van der Waals surface area contributed by atoms with Crippen molar-refractivity contribution in [2.75, 3.05) is 13.2 Å². The normalized spacial score (nSPS) is 53.2. The number of hydrogen-bond donors (Lipinski definition) is 6. The summed E-state index contributed by atoms with van der Waals surface area (Å²) in [6.45, 7) is 12.3. The number of Topliss-reactive ketones (excluding diaryl/α,β-unsaturated/α-hetero) is 1. The first-order valence-corrected chi connectivity index (χ1v) is 17.4. The van der Waals surface area contributed by atoms with Crippen LogP contribution in [0, 0.1) is 50.2 Å². The van der Waals surface area contributed by atoms with Gasteiger partial charge in [0, 0.05) is 17.3 Å². The fourth-order valence-electron chi connectivity index (χ4n) is 11.7. The smallest absolute Gasteiger partial charge is 0.315 e. The number of carbonyl (C=O) groups is 2. The molecule has 0 aromatic heterocycles. The summed E-state index contributed by atoms with van der Waals surface area (Å²) in [5.74, 6) is -0.661. The number of ether oxygens (including phenoxy) is 2. The maximum absolute atomic E-state index is 14.4. The standard InChI is InChI=1S/C36H56O10/c1-31(2)11-13-36(30(44)46-29-28(43)27(42)26(41)21(17-37)45-29)14-12-33(4)19(20(36)16-31)7-8-23-34(33,5)10-9-22-32(3,18-38)24(39)15-25(40)35(22,23)6/h7,20-24,26-29,37-39,41-43H,8-18H2,1-6H3/t20-,21+,22-,23-,24-,26+,27-,28+,29-,32-,33+,34+,35-,36-/m0/s1. The second-order valence-corrected chi connectivity index (χ2v) is 17.6. The number of aliphatic hydroxyl groups excluding tert-OH is 6. The van der Waals surface area contributed by atoms with E-state index in [9.17, 15) is 40.2 Å². The number of rotatable bonds is 4. The molecule has 0 amide bonds. The molecule has 1 heterocycles. The average molecular weight is 649 g/mol. The van der Waals surface area contributed by atoms with E-state index in [0.717, 1.165) is 25.7 Å². The van der Waals surface area contributed by atoms with Crippen LogP contribution in [0.25, 0.3) is 0 Å². The molecule has 1 saturated heterocycles. The predicted molar refractivity (Wildman–Crippen MR) is 167 cm³/mol. The van der Waals surface area contributed by atoms with Gasteiger partial charge in [-0.3, -0.25) is 9.59 Å². The number of hydrogen-bond acceptors (Lipinski definition) is 10. The van der Waals surface area contributed by atoms with Crippen molar-refractivity contribution < 1.29 is 49.7 Å². The number of fused-ring (bicyclic) bond motifs is 7. The number of aliphatic hydroxyl groups is 6. The summed E-state index contributed by atoms with van der Waals surface area (Å²) in [6, 6.07) is 0. The van der Waals surface area contributed by atoms with E-state index in [1.807, 2.05) is 6.92 Å². The topological polar surface area (TPSA) is 174 Å². The molecule has 5 aliphatic carbocycles. The van der Waals surface area contributed by atoms with Gasteiger partial charge in [0.1, 0.15) is 30.2 Å². The summed E-state index contributed by atoms with van der Waals surface area (Å²) in [5.41, 5.74) is -1.67. The van der Waals surface area contributed by atoms with Gasteiger partial charge < -0.3 is 40.1 Å². The summed E-state index contributed by atoms with van der Waals surface area (Å²) < 4.78 is 11.5. The molecular weight excluding hydrogens is 592 g/mol. The Morgan fingerprint density at radius 1 is 0.913 bits per heavy atom. The molecule has 0 aromatic carbocycles. The minimum atomic E-state index is -1.66. The van der Waals surface area contributed by atoms with Gasteiger partial charge in [-0.25, -0.2) is 0 Å². The third-order valence-electron chi connectivity index (χ3n) is 15.1. The Balaban J connectivity index is 1.37. The zero-order valence-corrected chi connectivity index (χ0v) is 28.4. The van der Waals surface area contributed by atoms with Crippen LogP contribution in [0.3, 0.4) is 0 Å². The van der Waals surface area contributed by atoms with Gasteiger partial charge in [-0.1, -0.05) is 53.2 Å². The molecule has 0 radical (unpaired) electrons. The largest absolute Gasteiger partial charge is 0.432 e. The SMILES string of the molecule is CC1(C)CC[C@]2(C(=O)O[C@@H]3O[C@H](CO)[C@@H](O)[C@H](O)[C@H]3O)CC[C@]3(C)C(=CC[C@@H]4[C@@]5(C)C(=O)C[C@H](O)[C@@](C)(CO)[C@@H]5CC[C@]43C)[C@@H]2C1. The van der Waals surface area contributed by atoms with Crippen LogP contribution in [0.2, 0.25) is 0 Å². The molecule has 10 heteroatoms. The van der Waals surface area contributed by atoms with Gasteiger partial charge in [-0.05, 0) is 85.4 Å². The Hall–Kier alpha value is -1.40. The number of carbonyl (C=O) groups excluding carboxylic acids is 2. The molecule has 4 saturated carbocycles. The Labute approximate surface area is 272 Å². The van der Waals surface area contributed by atoms with Gasteiger partial charge in [-0.2, -0.15) is 0 Å². The summed E-state index contributed by atoms with van der Waals surface area (Å²) in [6.07, 6.45) is -0.354. The Kier molecular flexibility index (Phi) is 8.28. The summed E-state index contributed by atoms with van der Waals surface area (Å²) in [4.78, 5) is 28.4. The van der Waals surface area contributed by atoms with Gasteiger partial charge >= 0.3 is 5.97 Å². The lowest BCUT2D eigenvalue weighted by Crippen LogP contribution is -2.68. The fourth-order valence-corrected chi connectivity index (χ4v) is 11.7. The van der Waals surface area contributed by atoms with E-state index in [-0.39, 0.29) is 52.8 Å². The monoisotopic (exact) mass is 648 g/mol. The van der Waals surface area contributed by atoms with Crippen molar-refractivity contribution >= 4 is 11.8 Å². The fraction of sp³-hybridized carbons (Fsp3) is 0.889. The van der Waals surface area contributed by atoms with Crippen molar-refractivity contribution in [3.05, 3.63) is 11.6 Å². The molecule has 0 unspecified atom stereocenters. The summed E-state index contributed by atoms with van der Waals surface area (Å²) in [7, 11) is 0. The molecular formula is C36H56O10. The molecule has 1 aliphatic heterocycles. The lowest BCUT2D eigenvalue weighted by Gasteiger charge is -2.70. The van der Waals surface area contributed by atoms with Crippen LogP contribution in [-0.4, -0.2) is 92.4 Å². The van der Waals surface area contributed by atoms with Crippen LogP contribution in [0.15, 0.2) is 11.6 Å². The summed E-state index contributed by atoms with van der Waals surface area (Å²) >= 11 is 0. The van der Waals surface area contributed by atoms with Gasteiger partial charge in [0.25, 0.3) is 0 Å². The van der Waals surface area contributed by atoms with Crippen LogP contribution >= 0.6 is 0 Å². The lowest BCUT2D eigenvalue weighted by atomic mass is 9.33. The first-order valence-electron chi connectivity index (χ1n) is 17.4. The highest BCUT2D eigenvalue weighted by molar-refractivity contribution is 5.87. The summed E-state index contributed by atoms with van der Waals surface area (Å²) in [5, 5.41) is 62.5. The Morgan fingerprint density at radius 2 is 1.59 bits per heavy atom. The second kappa shape index (κ2) is 11.1. The van der Waals surface area contributed by atoms with Crippen molar-refractivity contribution in [3.8, 4) is 0 Å². The van der Waals surface area contributed by atoms with Crippen molar-refractivity contribution in [3.63, 3.8) is 0 Å². The molecule has 6 rings (SSSR count). The van der Waals surface area contributed by atoms with E-state index in [2.05, 4.69) is 40.7 Å². The third-order valence-corrected chi connectivity index (χ3v) is 15.1. The predicted octanol–water partition coefficient (Wildman–Crippen LogP) is 2.64. The van der Waals surface area contributed by atoms with Gasteiger partial charge in [0.05, 0.1) is 24.7 Å². The van der Waals surface area contributed by atoms with Crippen molar-refractivity contribution in [1.82, 2.24) is 0 Å². The van der Waals surface area contributed by atoms with Crippen molar-refractivity contribution in [1.29, 1.82) is 0 Å². The van der Waals surface area contributed by atoms with Crippen LogP contribution in [0.1, 0.15) is 99.3 Å². The molecule has 5 fully saturated rings. The molecule has 10 nitrogen and oxygen atoms in total. The Bertz CT molecular complexity index is 1280. The van der Waals surface area contributed by atoms with E-state index in [1.165, 1.54) is 5.57 Å². The quantitative estimate of drug-likeness (QED) is 0.197. The first-order chi connectivity index (χ1) is 21.4. The number of allylic oxidation sites excluding steroid dienone is 2. The minimum absolute atomic E-state index is 0.0172. The van der Waals surface area contributed by atoms with E-state index in [0.29, 0.717) is 25.7 Å². The third kappa shape index (κ3) is 4.46. The van der Waals surface area contributed by atoms with E-state index in [4.69, 9.17) is 9.47 Å². The van der Waals surface area contributed by atoms with Gasteiger partial charge in [0.15, 0.2) is 0 Å². The number of ketones is 1. The second-order valence-electron chi connectivity index (χ2n) is 17.6. The molecule has 14 atom stereocenters. The zero-order chi connectivity index (χ0) is 33.8. The minimum Gasteiger partial charge on any atom is -0.432 e. The van der Waals surface area contributed by atoms with Crippen molar-refractivity contribution in [2.45, 2.75) is 136 Å².